The average Bonchev–Trinajstić information content (AvgIpc) is 2.83. The maximum absolute atomic E-state index is 12.2. The monoisotopic (exact) mass is 266 g/mol. The van der Waals surface area contributed by atoms with Crippen molar-refractivity contribution in [1.82, 2.24) is 5.32 Å². The first-order chi connectivity index (χ1) is 9.13. The van der Waals surface area contributed by atoms with Gasteiger partial charge in [-0.1, -0.05) is 39.0 Å². The highest BCUT2D eigenvalue weighted by Gasteiger charge is 2.33. The van der Waals surface area contributed by atoms with Gasteiger partial charge < -0.3 is 11.1 Å². The van der Waals surface area contributed by atoms with Crippen LogP contribution in [0.25, 0.3) is 0 Å². The van der Waals surface area contributed by atoms with E-state index in [0.29, 0.717) is 18.4 Å². The summed E-state index contributed by atoms with van der Waals surface area (Å²) in [5.74, 6) is 0.877. The summed E-state index contributed by atoms with van der Waals surface area (Å²) < 4.78 is 0. The fourth-order valence-electron chi connectivity index (χ4n) is 3.92. The Hall–Kier alpha value is -0.570. The van der Waals surface area contributed by atoms with E-state index in [9.17, 15) is 4.79 Å². The van der Waals surface area contributed by atoms with Crippen molar-refractivity contribution in [1.29, 1.82) is 0 Å². The molecular formula is C16H30N2O. The lowest BCUT2D eigenvalue weighted by molar-refractivity contribution is -0.123. The third kappa shape index (κ3) is 4.20. The summed E-state index contributed by atoms with van der Waals surface area (Å²) >= 11 is 0. The second-order valence-electron chi connectivity index (χ2n) is 6.73. The Morgan fingerprint density at radius 3 is 2.42 bits per heavy atom. The van der Waals surface area contributed by atoms with Gasteiger partial charge in [-0.15, -0.1) is 0 Å². The smallest absolute Gasteiger partial charge is 0.222 e. The van der Waals surface area contributed by atoms with E-state index in [-0.39, 0.29) is 11.4 Å². The van der Waals surface area contributed by atoms with Gasteiger partial charge in [-0.05, 0) is 38.0 Å². The second-order valence-corrected chi connectivity index (χ2v) is 6.73. The van der Waals surface area contributed by atoms with Crippen LogP contribution in [-0.4, -0.2) is 17.5 Å². The number of hydrogen-bond donors (Lipinski definition) is 2. The molecule has 0 radical (unpaired) electrons. The van der Waals surface area contributed by atoms with Gasteiger partial charge in [0.15, 0.2) is 0 Å². The minimum absolute atomic E-state index is 0.182. The Morgan fingerprint density at radius 1 is 1.21 bits per heavy atom. The molecule has 19 heavy (non-hydrogen) atoms. The molecule has 0 spiro atoms. The summed E-state index contributed by atoms with van der Waals surface area (Å²) in [5.41, 5.74) is 6.08. The molecule has 0 saturated heterocycles. The Labute approximate surface area is 117 Å². The maximum atomic E-state index is 12.2. The molecule has 0 aromatic rings. The fourth-order valence-corrected chi connectivity index (χ4v) is 3.92. The lowest BCUT2D eigenvalue weighted by Gasteiger charge is -2.31. The van der Waals surface area contributed by atoms with Crippen molar-refractivity contribution in [2.24, 2.45) is 11.7 Å². The van der Waals surface area contributed by atoms with Gasteiger partial charge >= 0.3 is 0 Å². The summed E-state index contributed by atoms with van der Waals surface area (Å²) in [6.07, 6.45) is 12.6. The Kier molecular flexibility index (Phi) is 5.26. The summed E-state index contributed by atoms with van der Waals surface area (Å²) in [4.78, 5) is 12.2. The van der Waals surface area contributed by atoms with E-state index < -0.39 is 0 Å². The molecule has 0 aromatic carbocycles. The first-order valence-corrected chi connectivity index (χ1v) is 8.21. The average molecular weight is 266 g/mol. The number of carbonyl (C=O) groups excluding carboxylic acids is 1. The molecule has 1 unspecified atom stereocenters. The van der Waals surface area contributed by atoms with Gasteiger partial charge in [0, 0.05) is 18.0 Å². The molecule has 2 rings (SSSR count). The summed E-state index contributed by atoms with van der Waals surface area (Å²) in [6, 6.07) is 0.373. The molecule has 2 saturated carbocycles. The SMILES string of the molecule is CCC(NC(=O)CC1(N)CCCC1)C1CCCCC1. The van der Waals surface area contributed by atoms with Gasteiger partial charge in [0.1, 0.15) is 0 Å². The summed E-state index contributed by atoms with van der Waals surface area (Å²) in [6.45, 7) is 2.19. The third-order valence-corrected chi connectivity index (χ3v) is 5.12. The van der Waals surface area contributed by atoms with Crippen molar-refractivity contribution in [3.05, 3.63) is 0 Å². The molecular weight excluding hydrogens is 236 g/mol. The van der Waals surface area contributed by atoms with Gasteiger partial charge in [0.2, 0.25) is 5.91 Å². The maximum Gasteiger partial charge on any atom is 0.222 e. The zero-order valence-electron chi connectivity index (χ0n) is 12.4. The molecule has 1 atom stereocenters. The highest BCUT2D eigenvalue weighted by atomic mass is 16.1. The quantitative estimate of drug-likeness (QED) is 0.803. The Morgan fingerprint density at radius 2 is 1.84 bits per heavy atom. The third-order valence-electron chi connectivity index (χ3n) is 5.12. The van der Waals surface area contributed by atoms with Gasteiger partial charge in [-0.2, -0.15) is 0 Å². The van der Waals surface area contributed by atoms with Gasteiger partial charge in [-0.3, -0.25) is 4.79 Å². The van der Waals surface area contributed by atoms with Crippen LogP contribution < -0.4 is 11.1 Å². The van der Waals surface area contributed by atoms with Crippen molar-refractivity contribution in [3.63, 3.8) is 0 Å². The zero-order valence-corrected chi connectivity index (χ0v) is 12.4. The van der Waals surface area contributed by atoms with Crippen LogP contribution in [0.15, 0.2) is 0 Å². The molecule has 0 bridgehead atoms. The van der Waals surface area contributed by atoms with E-state index in [4.69, 9.17) is 5.73 Å². The van der Waals surface area contributed by atoms with E-state index in [0.717, 1.165) is 19.3 Å². The van der Waals surface area contributed by atoms with Gasteiger partial charge in [-0.25, -0.2) is 0 Å². The van der Waals surface area contributed by atoms with Crippen molar-refractivity contribution in [2.45, 2.75) is 89.1 Å². The minimum Gasteiger partial charge on any atom is -0.353 e. The number of amides is 1. The highest BCUT2D eigenvalue weighted by Crippen LogP contribution is 2.31. The lowest BCUT2D eigenvalue weighted by Crippen LogP contribution is -2.46. The van der Waals surface area contributed by atoms with Gasteiger partial charge in [0.25, 0.3) is 0 Å². The zero-order chi connectivity index (χ0) is 13.7. The number of nitrogens with one attached hydrogen (secondary N) is 1. The first kappa shape index (κ1) is 14.8. The van der Waals surface area contributed by atoms with Crippen LogP contribution in [0.4, 0.5) is 0 Å². The number of rotatable bonds is 5. The highest BCUT2D eigenvalue weighted by molar-refractivity contribution is 5.77. The van der Waals surface area contributed by atoms with E-state index >= 15 is 0 Å². The standard InChI is InChI=1S/C16H30N2O/c1-2-14(13-8-4-3-5-9-13)18-15(19)12-16(17)10-6-7-11-16/h13-14H,2-12,17H2,1H3,(H,18,19). The number of nitrogens with two attached hydrogens (primary N) is 1. The van der Waals surface area contributed by atoms with Crippen LogP contribution in [0.1, 0.15) is 77.6 Å². The molecule has 0 aromatic heterocycles. The number of hydrogen-bond acceptors (Lipinski definition) is 2. The van der Waals surface area contributed by atoms with Gasteiger partial charge in [0.05, 0.1) is 0 Å². The topological polar surface area (TPSA) is 55.1 Å². The Bertz CT molecular complexity index is 291. The fraction of sp³-hybridized carbons (Fsp3) is 0.938. The Balaban J connectivity index is 1.81. The van der Waals surface area contributed by atoms with E-state index in [1.165, 1.54) is 44.9 Å². The molecule has 2 aliphatic rings. The first-order valence-electron chi connectivity index (χ1n) is 8.21. The van der Waals surface area contributed by atoms with E-state index in [2.05, 4.69) is 12.2 Å². The van der Waals surface area contributed by atoms with Crippen molar-refractivity contribution >= 4 is 5.91 Å². The molecule has 0 aliphatic heterocycles. The summed E-state index contributed by atoms with van der Waals surface area (Å²) in [7, 11) is 0. The predicted octanol–water partition coefficient (Wildman–Crippen LogP) is 3.12. The molecule has 3 heteroatoms. The molecule has 2 fully saturated rings. The van der Waals surface area contributed by atoms with E-state index in [1.54, 1.807) is 0 Å². The van der Waals surface area contributed by atoms with Crippen LogP contribution >= 0.6 is 0 Å². The second kappa shape index (κ2) is 6.74. The minimum atomic E-state index is -0.213. The van der Waals surface area contributed by atoms with Crippen LogP contribution in [0.2, 0.25) is 0 Å². The number of carbonyl (C=O) groups is 1. The molecule has 110 valence electrons. The van der Waals surface area contributed by atoms with E-state index in [1.807, 2.05) is 0 Å². The van der Waals surface area contributed by atoms with Crippen molar-refractivity contribution in [2.75, 3.05) is 0 Å². The van der Waals surface area contributed by atoms with Crippen molar-refractivity contribution < 1.29 is 4.79 Å². The molecule has 3 nitrogen and oxygen atoms in total. The van der Waals surface area contributed by atoms with Crippen LogP contribution in [0.3, 0.4) is 0 Å². The summed E-state index contributed by atoms with van der Waals surface area (Å²) in [5, 5.41) is 3.27. The van der Waals surface area contributed by atoms with Crippen LogP contribution in [-0.2, 0) is 4.79 Å². The lowest BCUT2D eigenvalue weighted by atomic mass is 9.82. The van der Waals surface area contributed by atoms with Crippen LogP contribution in [0, 0.1) is 5.92 Å². The van der Waals surface area contributed by atoms with Crippen molar-refractivity contribution in [3.8, 4) is 0 Å². The molecule has 0 heterocycles. The predicted molar refractivity (Wildman–Crippen MR) is 78.8 cm³/mol. The largest absolute Gasteiger partial charge is 0.353 e. The van der Waals surface area contributed by atoms with Crippen LogP contribution in [0.5, 0.6) is 0 Å². The molecule has 3 N–H and O–H groups in total. The normalized spacial score (nSPS) is 25.2. The molecule has 2 aliphatic carbocycles. The molecule has 1 amide bonds.